The molecule has 0 aliphatic carbocycles. The normalized spacial score (nSPS) is 17.6. The quantitative estimate of drug-likeness (QED) is 0.229. The predicted octanol–water partition coefficient (Wildman–Crippen LogP) is 6.24. The van der Waals surface area contributed by atoms with E-state index in [2.05, 4.69) is 10.3 Å². The Bertz CT molecular complexity index is 1870. The minimum absolute atomic E-state index is 0.261. The summed E-state index contributed by atoms with van der Waals surface area (Å²) in [5, 5.41) is 4.56. The lowest BCUT2D eigenvalue weighted by atomic mass is 9.89. The highest BCUT2D eigenvalue weighted by Gasteiger charge is 2.53. The van der Waals surface area contributed by atoms with Crippen molar-refractivity contribution < 1.29 is 19.1 Å². The monoisotopic (exact) mass is 590 g/mol. The van der Waals surface area contributed by atoms with Crippen LogP contribution in [-0.2, 0) is 17.8 Å². The van der Waals surface area contributed by atoms with Crippen molar-refractivity contribution in [1.29, 1.82) is 0 Å². The number of aromatic nitrogens is 1. The maximum atomic E-state index is 14.1. The van der Waals surface area contributed by atoms with Gasteiger partial charge in [0.05, 0.1) is 12.8 Å². The Labute approximate surface area is 252 Å². The van der Waals surface area contributed by atoms with Crippen molar-refractivity contribution in [1.82, 2.24) is 15.2 Å². The van der Waals surface area contributed by atoms with Gasteiger partial charge in [0.1, 0.15) is 17.8 Å². The van der Waals surface area contributed by atoms with Crippen LogP contribution in [0.25, 0.3) is 10.9 Å². The van der Waals surface area contributed by atoms with Crippen LogP contribution in [0.5, 0.6) is 5.75 Å². The minimum Gasteiger partial charge on any atom is -0.497 e. The van der Waals surface area contributed by atoms with Crippen molar-refractivity contribution >= 4 is 46.0 Å². The molecule has 214 valence electrons. The fourth-order valence-corrected chi connectivity index (χ4v) is 6.22. The molecule has 4 aromatic carbocycles. The van der Waals surface area contributed by atoms with Crippen LogP contribution in [0, 0.1) is 0 Å². The van der Waals surface area contributed by atoms with Crippen molar-refractivity contribution in [3.63, 3.8) is 0 Å². The standard InChI is InChI=1S/C34H27ClN4O4/c1-43-25-16-10-21(11-17-25)31-30-27(26-4-2-3-5-28(26)37-30)18-29-33(41)38(34(42)39(29)31)24-14-8-22(9-15-24)32(40)36-19-20-6-12-23(35)13-7-20/h2-17,29,31,37H,18-19H2,1H3,(H,36,40). The Kier molecular flexibility index (Phi) is 6.63. The lowest BCUT2D eigenvalue weighted by molar-refractivity contribution is -0.120. The molecule has 8 nitrogen and oxygen atoms in total. The summed E-state index contributed by atoms with van der Waals surface area (Å²) in [5.41, 5.74) is 5.53. The summed E-state index contributed by atoms with van der Waals surface area (Å²) in [6.45, 7) is 0.346. The molecule has 1 saturated heterocycles. The summed E-state index contributed by atoms with van der Waals surface area (Å²) in [4.78, 5) is 47.3. The number of halogens is 1. The number of para-hydroxylation sites is 1. The molecule has 2 aliphatic heterocycles. The summed E-state index contributed by atoms with van der Waals surface area (Å²) >= 11 is 5.94. The molecule has 7 rings (SSSR count). The molecule has 3 heterocycles. The molecule has 2 N–H and O–H groups in total. The maximum Gasteiger partial charge on any atom is 0.332 e. The molecule has 1 fully saturated rings. The maximum absolute atomic E-state index is 14.1. The number of aromatic amines is 1. The van der Waals surface area contributed by atoms with Crippen LogP contribution < -0.4 is 15.0 Å². The van der Waals surface area contributed by atoms with E-state index < -0.39 is 18.1 Å². The number of rotatable bonds is 6. The smallest absolute Gasteiger partial charge is 0.332 e. The SMILES string of the molecule is COc1ccc(C2c3[nH]c4ccccc4c3CC3C(=O)N(c4ccc(C(=O)NCc5ccc(Cl)cc5)cc4)C(=O)N32)cc1. The van der Waals surface area contributed by atoms with E-state index in [1.54, 1.807) is 48.4 Å². The Morgan fingerprint density at radius 3 is 2.40 bits per heavy atom. The number of carbonyl (C=O) groups is 3. The third-order valence-corrected chi connectivity index (χ3v) is 8.49. The molecular formula is C34H27ClN4O4. The molecule has 2 unspecified atom stereocenters. The van der Waals surface area contributed by atoms with Crippen molar-refractivity contribution in [2.75, 3.05) is 12.0 Å². The van der Waals surface area contributed by atoms with Gasteiger partial charge < -0.3 is 15.0 Å². The number of hydrogen-bond acceptors (Lipinski definition) is 4. The second-order valence-electron chi connectivity index (χ2n) is 10.7. The summed E-state index contributed by atoms with van der Waals surface area (Å²) in [6.07, 6.45) is 0.401. The predicted molar refractivity (Wildman–Crippen MR) is 164 cm³/mol. The molecule has 0 radical (unpaired) electrons. The summed E-state index contributed by atoms with van der Waals surface area (Å²) in [5.74, 6) is 0.151. The number of nitrogens with one attached hydrogen (secondary N) is 2. The number of amides is 4. The van der Waals surface area contributed by atoms with Crippen LogP contribution in [0.3, 0.4) is 0 Å². The van der Waals surface area contributed by atoms with Crippen LogP contribution in [0.4, 0.5) is 10.5 Å². The highest BCUT2D eigenvalue weighted by atomic mass is 35.5. The number of anilines is 1. The van der Waals surface area contributed by atoms with Crippen molar-refractivity contribution in [2.24, 2.45) is 0 Å². The van der Waals surface area contributed by atoms with Gasteiger partial charge in [-0.2, -0.15) is 0 Å². The Balaban J connectivity index is 1.19. The van der Waals surface area contributed by atoms with E-state index in [1.807, 2.05) is 60.7 Å². The van der Waals surface area contributed by atoms with Gasteiger partial charge in [-0.3, -0.25) is 14.5 Å². The second kappa shape index (κ2) is 10.6. The summed E-state index contributed by atoms with van der Waals surface area (Å²) < 4.78 is 5.36. The number of fused-ring (bicyclic) bond motifs is 4. The van der Waals surface area contributed by atoms with Gasteiger partial charge in [-0.25, -0.2) is 9.69 Å². The van der Waals surface area contributed by atoms with E-state index in [4.69, 9.17) is 16.3 Å². The fraction of sp³-hybridized carbons (Fsp3) is 0.147. The topological polar surface area (TPSA) is 94.7 Å². The van der Waals surface area contributed by atoms with Gasteiger partial charge in [-0.15, -0.1) is 0 Å². The minimum atomic E-state index is -0.673. The average Bonchev–Trinajstić information content (AvgIpc) is 3.53. The van der Waals surface area contributed by atoms with Gasteiger partial charge >= 0.3 is 6.03 Å². The lowest BCUT2D eigenvalue weighted by Gasteiger charge is -2.36. The third kappa shape index (κ3) is 4.60. The largest absolute Gasteiger partial charge is 0.497 e. The van der Waals surface area contributed by atoms with E-state index >= 15 is 0 Å². The van der Waals surface area contributed by atoms with E-state index in [9.17, 15) is 14.4 Å². The first-order valence-electron chi connectivity index (χ1n) is 14.0. The molecule has 9 heteroatoms. The van der Waals surface area contributed by atoms with Crippen LogP contribution in [0.15, 0.2) is 97.1 Å². The molecule has 2 aliphatic rings. The second-order valence-corrected chi connectivity index (χ2v) is 11.1. The molecule has 4 amide bonds. The van der Waals surface area contributed by atoms with Crippen molar-refractivity contribution in [3.8, 4) is 5.75 Å². The Morgan fingerprint density at radius 1 is 0.953 bits per heavy atom. The number of hydrogen-bond donors (Lipinski definition) is 2. The van der Waals surface area contributed by atoms with Crippen LogP contribution in [0.1, 0.15) is 38.8 Å². The molecule has 0 saturated carbocycles. The number of carbonyl (C=O) groups excluding carboxylic acids is 3. The number of imide groups is 1. The number of urea groups is 1. The van der Waals surface area contributed by atoms with Gasteiger partial charge in [-0.05, 0) is 71.3 Å². The number of benzene rings is 4. The number of methoxy groups -OCH3 is 1. The molecular weight excluding hydrogens is 564 g/mol. The van der Waals surface area contributed by atoms with E-state index in [0.717, 1.165) is 33.3 Å². The highest BCUT2D eigenvalue weighted by Crippen LogP contribution is 2.45. The molecule has 1 aromatic heterocycles. The average molecular weight is 591 g/mol. The Morgan fingerprint density at radius 2 is 1.67 bits per heavy atom. The van der Waals surface area contributed by atoms with Crippen LogP contribution >= 0.6 is 11.6 Å². The van der Waals surface area contributed by atoms with Gasteiger partial charge in [-0.1, -0.05) is 54.1 Å². The summed E-state index contributed by atoms with van der Waals surface area (Å²) in [7, 11) is 1.61. The van der Waals surface area contributed by atoms with Crippen LogP contribution in [-0.4, -0.2) is 40.9 Å². The van der Waals surface area contributed by atoms with E-state index in [-0.39, 0.29) is 11.8 Å². The van der Waals surface area contributed by atoms with Gasteiger partial charge in [0.25, 0.3) is 11.8 Å². The molecule has 0 spiro atoms. The third-order valence-electron chi connectivity index (χ3n) is 8.23. The first-order chi connectivity index (χ1) is 20.9. The summed E-state index contributed by atoms with van der Waals surface area (Å²) in [6, 6.07) is 27.8. The molecule has 2 atom stereocenters. The Hall–Kier alpha value is -5.08. The van der Waals surface area contributed by atoms with Crippen molar-refractivity contribution in [2.45, 2.75) is 25.0 Å². The number of ether oxygens (including phenoxy) is 1. The fourth-order valence-electron chi connectivity index (χ4n) is 6.09. The lowest BCUT2D eigenvalue weighted by Crippen LogP contribution is -2.44. The molecule has 43 heavy (non-hydrogen) atoms. The first kappa shape index (κ1) is 26.8. The van der Waals surface area contributed by atoms with Gasteiger partial charge in [0.15, 0.2) is 0 Å². The van der Waals surface area contributed by atoms with Crippen LogP contribution in [0.2, 0.25) is 5.02 Å². The number of H-pyrrole nitrogens is 1. The zero-order valence-corrected chi connectivity index (χ0v) is 24.0. The first-order valence-corrected chi connectivity index (χ1v) is 14.3. The van der Waals surface area contributed by atoms with Gasteiger partial charge in [0, 0.05) is 40.1 Å². The zero-order valence-electron chi connectivity index (χ0n) is 23.2. The van der Waals surface area contributed by atoms with Gasteiger partial charge in [0.2, 0.25) is 0 Å². The zero-order chi connectivity index (χ0) is 29.7. The van der Waals surface area contributed by atoms with Crippen molar-refractivity contribution in [3.05, 3.63) is 130 Å². The number of nitrogens with zero attached hydrogens (tertiary/aromatic N) is 2. The molecule has 5 aromatic rings. The highest BCUT2D eigenvalue weighted by molar-refractivity contribution is 6.30. The molecule has 0 bridgehead atoms. The van der Waals surface area contributed by atoms with E-state index in [1.165, 1.54) is 4.90 Å². The van der Waals surface area contributed by atoms with E-state index in [0.29, 0.717) is 35.0 Å².